The van der Waals surface area contributed by atoms with E-state index in [1.165, 1.54) is 12.1 Å². The van der Waals surface area contributed by atoms with Gasteiger partial charge in [0.15, 0.2) is 0 Å². The van der Waals surface area contributed by atoms with Crippen LogP contribution in [0.1, 0.15) is 16.1 Å². The highest BCUT2D eigenvalue weighted by molar-refractivity contribution is 6.17. The highest BCUT2D eigenvalue weighted by Gasteiger charge is 2.08. The lowest BCUT2D eigenvalue weighted by Crippen LogP contribution is -2.18. The van der Waals surface area contributed by atoms with Crippen molar-refractivity contribution in [2.45, 2.75) is 5.88 Å². The molecule has 0 atom stereocenters. The molecule has 0 radical (unpaired) electrons. The van der Waals surface area contributed by atoms with Crippen molar-refractivity contribution in [3.05, 3.63) is 64.1 Å². The molecule has 4 nitrogen and oxygen atoms in total. The molecule has 5 heteroatoms. The lowest BCUT2D eigenvalue weighted by Gasteiger charge is -2.08. The SMILES string of the molecule is O=C(Nc1ccccc1CCl)c1cccc(=O)[nH]1. The average Bonchev–Trinajstić information content (AvgIpc) is 2.39. The minimum absolute atomic E-state index is 0.215. The van der Waals surface area contributed by atoms with Crippen LogP contribution < -0.4 is 10.9 Å². The molecule has 92 valence electrons. The molecule has 2 aromatic rings. The first kappa shape index (κ1) is 12.4. The van der Waals surface area contributed by atoms with E-state index in [-0.39, 0.29) is 17.2 Å². The molecule has 18 heavy (non-hydrogen) atoms. The summed E-state index contributed by atoms with van der Waals surface area (Å²) in [4.78, 5) is 25.5. The predicted octanol–water partition coefficient (Wildman–Crippen LogP) is 2.37. The fraction of sp³-hybridized carbons (Fsp3) is 0.0769. The van der Waals surface area contributed by atoms with E-state index >= 15 is 0 Å². The summed E-state index contributed by atoms with van der Waals surface area (Å²) in [7, 11) is 0. The van der Waals surface area contributed by atoms with Crippen molar-refractivity contribution in [2.24, 2.45) is 0 Å². The van der Waals surface area contributed by atoms with E-state index in [2.05, 4.69) is 10.3 Å². The largest absolute Gasteiger partial charge is 0.320 e. The van der Waals surface area contributed by atoms with Gasteiger partial charge in [0.2, 0.25) is 5.56 Å². The maximum atomic E-state index is 11.9. The van der Waals surface area contributed by atoms with E-state index in [9.17, 15) is 9.59 Å². The molecular formula is C13H11ClN2O2. The number of rotatable bonds is 3. The van der Waals surface area contributed by atoms with Crippen LogP contribution >= 0.6 is 11.6 Å². The molecule has 1 amide bonds. The molecule has 2 N–H and O–H groups in total. The lowest BCUT2D eigenvalue weighted by atomic mass is 10.2. The summed E-state index contributed by atoms with van der Waals surface area (Å²) in [5.74, 6) is -0.0628. The van der Waals surface area contributed by atoms with Crippen LogP contribution in [0.15, 0.2) is 47.3 Å². The van der Waals surface area contributed by atoms with Crippen molar-refractivity contribution in [1.29, 1.82) is 0 Å². The van der Waals surface area contributed by atoms with Crippen molar-refractivity contribution in [3.63, 3.8) is 0 Å². The molecule has 0 aliphatic rings. The zero-order chi connectivity index (χ0) is 13.0. The Hall–Kier alpha value is -2.07. The summed E-state index contributed by atoms with van der Waals surface area (Å²) in [6, 6.07) is 11.7. The van der Waals surface area contributed by atoms with Crippen molar-refractivity contribution in [3.8, 4) is 0 Å². The number of para-hydroxylation sites is 1. The number of benzene rings is 1. The Morgan fingerprint density at radius 3 is 2.67 bits per heavy atom. The highest BCUT2D eigenvalue weighted by Crippen LogP contribution is 2.17. The van der Waals surface area contributed by atoms with Crippen molar-refractivity contribution in [2.75, 3.05) is 5.32 Å². The van der Waals surface area contributed by atoms with E-state index < -0.39 is 0 Å². The normalized spacial score (nSPS) is 10.1. The number of carbonyl (C=O) groups is 1. The van der Waals surface area contributed by atoms with Crippen molar-refractivity contribution in [1.82, 2.24) is 4.98 Å². The monoisotopic (exact) mass is 262 g/mol. The van der Waals surface area contributed by atoms with Gasteiger partial charge in [0.1, 0.15) is 5.69 Å². The second-order valence-corrected chi connectivity index (χ2v) is 3.94. The quantitative estimate of drug-likeness (QED) is 0.834. The van der Waals surface area contributed by atoms with E-state index in [1.54, 1.807) is 18.2 Å². The van der Waals surface area contributed by atoms with E-state index in [1.807, 2.05) is 12.1 Å². The summed E-state index contributed by atoms with van der Waals surface area (Å²) in [6.07, 6.45) is 0. The minimum atomic E-state index is -0.370. The Labute approximate surface area is 109 Å². The number of hydrogen-bond donors (Lipinski definition) is 2. The second kappa shape index (κ2) is 5.51. The number of aromatic nitrogens is 1. The van der Waals surface area contributed by atoms with Gasteiger partial charge in [0.25, 0.3) is 5.91 Å². The number of alkyl halides is 1. The summed E-state index contributed by atoms with van der Waals surface area (Å²) >= 11 is 5.78. The molecule has 0 aliphatic heterocycles. The molecule has 1 heterocycles. The summed E-state index contributed by atoms with van der Waals surface area (Å²) in [5, 5.41) is 2.71. The number of pyridine rings is 1. The summed E-state index contributed by atoms with van der Waals surface area (Å²) in [6.45, 7) is 0. The number of halogens is 1. The first-order chi connectivity index (χ1) is 8.70. The molecule has 0 saturated carbocycles. The van der Waals surface area contributed by atoms with Gasteiger partial charge < -0.3 is 10.3 Å². The van der Waals surface area contributed by atoms with Gasteiger partial charge in [-0.25, -0.2) is 0 Å². The van der Waals surface area contributed by atoms with Gasteiger partial charge in [0, 0.05) is 17.6 Å². The number of aromatic amines is 1. The Morgan fingerprint density at radius 2 is 1.94 bits per heavy atom. The molecule has 0 spiro atoms. The molecule has 0 aliphatic carbocycles. The predicted molar refractivity (Wildman–Crippen MR) is 71.0 cm³/mol. The Kier molecular flexibility index (Phi) is 3.79. The number of anilines is 1. The topological polar surface area (TPSA) is 62.0 Å². The van der Waals surface area contributed by atoms with Crippen molar-refractivity contribution >= 4 is 23.2 Å². The summed E-state index contributed by atoms with van der Waals surface area (Å²) in [5.41, 5.74) is 1.37. The molecule has 1 aromatic heterocycles. The minimum Gasteiger partial charge on any atom is -0.320 e. The number of amides is 1. The molecule has 0 saturated heterocycles. The van der Waals surface area contributed by atoms with Crippen LogP contribution in [-0.4, -0.2) is 10.9 Å². The molecule has 0 unspecified atom stereocenters. The standard InChI is InChI=1S/C13H11ClN2O2/c14-8-9-4-1-2-5-10(9)16-13(18)11-6-3-7-12(17)15-11/h1-7H,8H2,(H,15,17)(H,16,18). The fourth-order valence-corrected chi connectivity index (χ4v) is 1.76. The third-order valence-electron chi connectivity index (χ3n) is 2.42. The number of hydrogen-bond acceptors (Lipinski definition) is 2. The van der Waals surface area contributed by atoms with Gasteiger partial charge in [0.05, 0.1) is 0 Å². The smallest absolute Gasteiger partial charge is 0.272 e. The van der Waals surface area contributed by atoms with Gasteiger partial charge in [-0.05, 0) is 17.7 Å². The van der Waals surface area contributed by atoms with Crippen LogP contribution in [0.5, 0.6) is 0 Å². The van der Waals surface area contributed by atoms with Crippen LogP contribution in [0.4, 0.5) is 5.69 Å². The lowest BCUT2D eigenvalue weighted by molar-refractivity contribution is 0.102. The maximum absolute atomic E-state index is 11.9. The van der Waals surface area contributed by atoms with E-state index in [4.69, 9.17) is 11.6 Å². The van der Waals surface area contributed by atoms with Gasteiger partial charge in [-0.2, -0.15) is 0 Å². The molecule has 0 bridgehead atoms. The van der Waals surface area contributed by atoms with E-state index in [0.717, 1.165) is 5.56 Å². The Balaban J connectivity index is 2.24. The maximum Gasteiger partial charge on any atom is 0.272 e. The van der Waals surface area contributed by atoms with Gasteiger partial charge >= 0.3 is 0 Å². The van der Waals surface area contributed by atoms with Crippen LogP contribution in [0.25, 0.3) is 0 Å². The zero-order valence-corrected chi connectivity index (χ0v) is 10.2. The highest BCUT2D eigenvalue weighted by atomic mass is 35.5. The Bertz CT molecular complexity index is 622. The molecule has 2 rings (SSSR count). The first-order valence-corrected chi connectivity index (χ1v) is 5.88. The Morgan fingerprint density at radius 1 is 1.17 bits per heavy atom. The molecule has 0 fully saturated rings. The number of carbonyl (C=O) groups excluding carboxylic acids is 1. The number of H-pyrrole nitrogens is 1. The molecular weight excluding hydrogens is 252 g/mol. The van der Waals surface area contributed by atoms with Crippen LogP contribution in [-0.2, 0) is 5.88 Å². The second-order valence-electron chi connectivity index (χ2n) is 3.67. The molecule has 1 aromatic carbocycles. The fourth-order valence-electron chi connectivity index (χ4n) is 1.53. The van der Waals surface area contributed by atoms with E-state index in [0.29, 0.717) is 11.6 Å². The first-order valence-electron chi connectivity index (χ1n) is 5.35. The van der Waals surface area contributed by atoms with Crippen LogP contribution in [0.2, 0.25) is 0 Å². The summed E-state index contributed by atoms with van der Waals surface area (Å²) < 4.78 is 0. The van der Waals surface area contributed by atoms with Gasteiger partial charge in [-0.1, -0.05) is 24.3 Å². The third-order valence-corrected chi connectivity index (χ3v) is 2.71. The van der Waals surface area contributed by atoms with Crippen LogP contribution in [0.3, 0.4) is 0 Å². The zero-order valence-electron chi connectivity index (χ0n) is 9.44. The number of nitrogens with one attached hydrogen (secondary N) is 2. The van der Waals surface area contributed by atoms with Gasteiger partial charge in [-0.3, -0.25) is 9.59 Å². The van der Waals surface area contributed by atoms with Crippen molar-refractivity contribution < 1.29 is 4.79 Å². The average molecular weight is 263 g/mol. The van der Waals surface area contributed by atoms with Gasteiger partial charge in [-0.15, -0.1) is 11.6 Å². The third kappa shape index (κ3) is 2.78. The van der Waals surface area contributed by atoms with Crippen LogP contribution in [0, 0.1) is 0 Å².